The number of benzene rings is 1. The van der Waals surface area contributed by atoms with E-state index < -0.39 is 0 Å². The number of aliphatic imine (C=N–C) groups is 1. The van der Waals surface area contributed by atoms with Crippen LogP contribution in [0.15, 0.2) is 41.7 Å². The molecule has 26 heavy (non-hydrogen) atoms. The second-order valence-corrected chi connectivity index (χ2v) is 5.53. The number of hydroxylamine groups is 2. The molecule has 0 saturated carbocycles. The molecule has 2 aromatic heterocycles. The SMILES string of the molecule is CN=Cc1cc(-c2cnc3ccc(C(=O)N(C)OC)cc3n2)cnc1N. The van der Waals surface area contributed by atoms with Crippen molar-refractivity contribution in [3.8, 4) is 11.3 Å². The van der Waals surface area contributed by atoms with Crippen LogP contribution in [0.4, 0.5) is 5.82 Å². The van der Waals surface area contributed by atoms with Gasteiger partial charge in [0.2, 0.25) is 0 Å². The molecule has 0 aliphatic rings. The molecule has 3 rings (SSSR count). The summed E-state index contributed by atoms with van der Waals surface area (Å²) in [6.07, 6.45) is 4.93. The van der Waals surface area contributed by atoms with Crippen LogP contribution in [0.1, 0.15) is 15.9 Å². The third kappa shape index (κ3) is 3.35. The van der Waals surface area contributed by atoms with Gasteiger partial charge in [-0.15, -0.1) is 0 Å². The van der Waals surface area contributed by atoms with Crippen molar-refractivity contribution in [3.63, 3.8) is 0 Å². The van der Waals surface area contributed by atoms with Crippen molar-refractivity contribution in [1.29, 1.82) is 0 Å². The number of nitrogens with two attached hydrogens (primary N) is 1. The maximum absolute atomic E-state index is 12.2. The smallest absolute Gasteiger partial charge is 0.277 e. The maximum atomic E-state index is 12.2. The van der Waals surface area contributed by atoms with E-state index in [-0.39, 0.29) is 5.91 Å². The van der Waals surface area contributed by atoms with E-state index in [0.29, 0.717) is 33.7 Å². The molecule has 0 aliphatic carbocycles. The highest BCUT2D eigenvalue weighted by Gasteiger charge is 2.13. The lowest BCUT2D eigenvalue weighted by Gasteiger charge is -2.13. The molecule has 1 aromatic carbocycles. The number of nitrogen functional groups attached to an aromatic ring is 1. The second kappa shape index (κ2) is 7.24. The van der Waals surface area contributed by atoms with Gasteiger partial charge in [-0.05, 0) is 24.3 Å². The van der Waals surface area contributed by atoms with E-state index in [1.165, 1.54) is 7.11 Å². The molecule has 0 aliphatic heterocycles. The van der Waals surface area contributed by atoms with Crippen LogP contribution in [-0.4, -0.2) is 53.3 Å². The molecular weight excluding hydrogens is 332 g/mol. The topological polar surface area (TPSA) is 107 Å². The fraction of sp³-hybridized carbons (Fsp3) is 0.167. The largest absolute Gasteiger partial charge is 0.383 e. The summed E-state index contributed by atoms with van der Waals surface area (Å²) in [6, 6.07) is 6.97. The first-order valence-electron chi connectivity index (χ1n) is 7.80. The van der Waals surface area contributed by atoms with Crippen molar-refractivity contribution < 1.29 is 9.63 Å². The molecule has 132 valence electrons. The Morgan fingerprint density at radius 1 is 1.23 bits per heavy atom. The van der Waals surface area contributed by atoms with Crippen LogP contribution in [0.5, 0.6) is 0 Å². The lowest BCUT2D eigenvalue weighted by Crippen LogP contribution is -2.25. The molecule has 2 heterocycles. The van der Waals surface area contributed by atoms with Crippen LogP contribution in [0.25, 0.3) is 22.3 Å². The Hall–Kier alpha value is -3.39. The van der Waals surface area contributed by atoms with Gasteiger partial charge in [0, 0.05) is 43.2 Å². The first kappa shape index (κ1) is 17.4. The third-order valence-electron chi connectivity index (χ3n) is 3.86. The number of carbonyl (C=O) groups excluding carboxylic acids is 1. The number of amides is 1. The van der Waals surface area contributed by atoms with Crippen LogP contribution >= 0.6 is 0 Å². The van der Waals surface area contributed by atoms with Gasteiger partial charge < -0.3 is 5.73 Å². The third-order valence-corrected chi connectivity index (χ3v) is 3.86. The zero-order chi connectivity index (χ0) is 18.7. The maximum Gasteiger partial charge on any atom is 0.277 e. The summed E-state index contributed by atoms with van der Waals surface area (Å²) in [7, 11) is 4.64. The quantitative estimate of drug-likeness (QED) is 0.569. The van der Waals surface area contributed by atoms with Crippen molar-refractivity contribution in [2.75, 3.05) is 26.9 Å². The highest BCUT2D eigenvalue weighted by molar-refractivity contribution is 5.96. The Bertz CT molecular complexity index is 1000. The molecule has 0 spiro atoms. The fourth-order valence-electron chi connectivity index (χ4n) is 2.42. The standard InChI is InChI=1S/C18H18N6O2/c1-20-8-13-6-12(9-22-17(13)19)16-10-21-14-5-4-11(7-15(14)23-16)18(25)24(2)26-3/h4-10H,1-3H3,(H2,19,22). The van der Waals surface area contributed by atoms with Gasteiger partial charge in [0.05, 0.1) is 30.0 Å². The van der Waals surface area contributed by atoms with Crippen LogP contribution in [0.3, 0.4) is 0 Å². The second-order valence-electron chi connectivity index (χ2n) is 5.53. The predicted molar refractivity (Wildman–Crippen MR) is 99.8 cm³/mol. The molecule has 0 bridgehead atoms. The number of anilines is 1. The molecular formula is C18H18N6O2. The van der Waals surface area contributed by atoms with Crippen LogP contribution in [0.2, 0.25) is 0 Å². The van der Waals surface area contributed by atoms with E-state index in [9.17, 15) is 4.79 Å². The zero-order valence-corrected chi connectivity index (χ0v) is 14.7. The highest BCUT2D eigenvalue weighted by Crippen LogP contribution is 2.22. The number of nitrogens with zero attached hydrogens (tertiary/aromatic N) is 5. The number of fused-ring (bicyclic) bond motifs is 1. The van der Waals surface area contributed by atoms with Gasteiger partial charge >= 0.3 is 0 Å². The highest BCUT2D eigenvalue weighted by atomic mass is 16.7. The van der Waals surface area contributed by atoms with Gasteiger partial charge in [0.25, 0.3) is 5.91 Å². The van der Waals surface area contributed by atoms with Crippen molar-refractivity contribution in [2.24, 2.45) is 4.99 Å². The molecule has 0 radical (unpaired) electrons. The van der Waals surface area contributed by atoms with Crippen molar-refractivity contribution in [1.82, 2.24) is 20.0 Å². The van der Waals surface area contributed by atoms with Gasteiger partial charge in [-0.1, -0.05) is 0 Å². The fourth-order valence-corrected chi connectivity index (χ4v) is 2.42. The minimum absolute atomic E-state index is 0.266. The number of aromatic nitrogens is 3. The van der Waals surface area contributed by atoms with Crippen LogP contribution in [0, 0.1) is 0 Å². The van der Waals surface area contributed by atoms with E-state index in [0.717, 1.165) is 10.6 Å². The first-order chi connectivity index (χ1) is 12.5. The Balaban J connectivity index is 2.06. The van der Waals surface area contributed by atoms with Gasteiger partial charge in [-0.25, -0.2) is 15.0 Å². The minimum Gasteiger partial charge on any atom is -0.383 e. The lowest BCUT2D eigenvalue weighted by atomic mass is 10.1. The lowest BCUT2D eigenvalue weighted by molar-refractivity contribution is -0.0756. The van der Waals surface area contributed by atoms with E-state index in [4.69, 9.17) is 10.6 Å². The first-order valence-corrected chi connectivity index (χ1v) is 7.80. The number of hydrogen-bond donors (Lipinski definition) is 1. The van der Waals surface area contributed by atoms with E-state index in [1.807, 2.05) is 6.07 Å². The number of carbonyl (C=O) groups is 1. The molecule has 1 amide bonds. The molecule has 2 N–H and O–H groups in total. The number of pyridine rings is 1. The van der Waals surface area contributed by atoms with Crippen LogP contribution in [-0.2, 0) is 4.84 Å². The predicted octanol–water partition coefficient (Wildman–Crippen LogP) is 1.96. The Morgan fingerprint density at radius 2 is 2.04 bits per heavy atom. The summed E-state index contributed by atoms with van der Waals surface area (Å²) < 4.78 is 0. The average molecular weight is 350 g/mol. The molecule has 8 heteroatoms. The van der Waals surface area contributed by atoms with Crippen LogP contribution < -0.4 is 5.73 Å². The minimum atomic E-state index is -0.266. The van der Waals surface area contributed by atoms with Gasteiger partial charge in [0.15, 0.2) is 0 Å². The molecule has 0 atom stereocenters. The Labute approximate surface area is 150 Å². The Morgan fingerprint density at radius 3 is 2.77 bits per heavy atom. The molecule has 0 saturated heterocycles. The van der Waals surface area contributed by atoms with E-state index >= 15 is 0 Å². The number of rotatable bonds is 4. The summed E-state index contributed by atoms with van der Waals surface area (Å²) in [6.45, 7) is 0. The van der Waals surface area contributed by atoms with E-state index in [2.05, 4.69) is 19.9 Å². The molecule has 0 fully saturated rings. The van der Waals surface area contributed by atoms with Crippen molar-refractivity contribution in [2.45, 2.75) is 0 Å². The number of hydrogen-bond acceptors (Lipinski definition) is 7. The summed E-state index contributed by atoms with van der Waals surface area (Å²) >= 11 is 0. The summed E-state index contributed by atoms with van der Waals surface area (Å²) in [5, 5.41) is 1.15. The molecule has 0 unspecified atom stereocenters. The molecule has 8 nitrogen and oxygen atoms in total. The van der Waals surface area contributed by atoms with Gasteiger partial charge in [-0.2, -0.15) is 0 Å². The van der Waals surface area contributed by atoms with Crippen molar-refractivity contribution >= 4 is 29.0 Å². The normalized spacial score (nSPS) is 11.2. The van der Waals surface area contributed by atoms with Gasteiger partial charge in [-0.3, -0.25) is 19.6 Å². The Kier molecular flexibility index (Phi) is 4.85. The van der Waals surface area contributed by atoms with Crippen molar-refractivity contribution in [3.05, 3.63) is 47.8 Å². The summed E-state index contributed by atoms with van der Waals surface area (Å²) in [5.74, 6) is 0.126. The summed E-state index contributed by atoms with van der Waals surface area (Å²) in [5.41, 5.74) is 9.68. The monoisotopic (exact) mass is 350 g/mol. The average Bonchev–Trinajstić information content (AvgIpc) is 2.67. The summed E-state index contributed by atoms with van der Waals surface area (Å²) in [4.78, 5) is 34.3. The zero-order valence-electron chi connectivity index (χ0n) is 14.7. The van der Waals surface area contributed by atoms with Gasteiger partial charge in [0.1, 0.15) is 5.82 Å². The van der Waals surface area contributed by atoms with E-state index in [1.54, 1.807) is 50.9 Å². The molecule has 3 aromatic rings.